The van der Waals surface area contributed by atoms with Gasteiger partial charge in [-0.2, -0.15) is 9.97 Å². The second-order valence-electron chi connectivity index (χ2n) is 38.2. The van der Waals surface area contributed by atoms with E-state index in [1.165, 1.54) is 38.0 Å². The number of aromatic nitrogens is 20. The number of aliphatic hydroxyl groups excluding tert-OH is 10. The van der Waals surface area contributed by atoms with Gasteiger partial charge in [-0.1, -0.05) is 72.8 Å². The van der Waals surface area contributed by atoms with Crippen LogP contribution in [-0.2, 0) is 61.7 Å². The highest BCUT2D eigenvalue weighted by Gasteiger charge is 2.49. The summed E-state index contributed by atoms with van der Waals surface area (Å²) >= 11 is 5.50. The van der Waals surface area contributed by atoms with E-state index in [0.717, 1.165) is 92.5 Å². The molecule has 0 bridgehead atoms. The predicted molar refractivity (Wildman–Crippen MR) is 546 cm³/mol. The van der Waals surface area contributed by atoms with Crippen molar-refractivity contribution in [3.63, 3.8) is 0 Å². The van der Waals surface area contributed by atoms with Crippen molar-refractivity contribution in [2.75, 3.05) is 75.2 Å². The van der Waals surface area contributed by atoms with Gasteiger partial charge in [-0.05, 0) is 151 Å². The lowest BCUT2D eigenvalue weighted by Gasteiger charge is -2.24. The van der Waals surface area contributed by atoms with Gasteiger partial charge in [-0.15, -0.1) is 0 Å². The Morgan fingerprint density at radius 2 is 0.770 bits per heavy atom. The van der Waals surface area contributed by atoms with E-state index in [1.54, 1.807) is 83.6 Å². The van der Waals surface area contributed by atoms with Crippen molar-refractivity contribution in [3.05, 3.63) is 270 Å². The molecule has 0 radical (unpaired) electrons. The van der Waals surface area contributed by atoms with E-state index in [1.807, 2.05) is 106 Å². The number of nitrogens with one attached hydrogen (secondary N) is 8. The molecule has 22 rings (SSSR count). The van der Waals surface area contributed by atoms with Gasteiger partial charge in [0.15, 0.2) is 0 Å². The summed E-state index contributed by atoms with van der Waals surface area (Å²) in [6.07, 6.45) is 26.7. The molecule has 0 amide bonds. The summed E-state index contributed by atoms with van der Waals surface area (Å²) in [4.78, 5) is 107. The van der Waals surface area contributed by atoms with E-state index < -0.39 is 48.8 Å². The number of benzene rings is 3. The average molecular weight is 2050 g/mol. The van der Waals surface area contributed by atoms with Crippen LogP contribution in [-0.4, -0.2) is 279 Å². The average Bonchev–Trinajstić information content (AvgIpc) is 1.61. The maximum atomic E-state index is 11.6. The van der Waals surface area contributed by atoms with Crippen molar-refractivity contribution in [1.29, 1.82) is 0 Å². The first-order chi connectivity index (χ1) is 72.0. The van der Waals surface area contributed by atoms with Crippen molar-refractivity contribution in [2.45, 2.75) is 182 Å². The summed E-state index contributed by atoms with van der Waals surface area (Å²) in [5.74, 6) is 1.39. The minimum Gasteiger partial charge on any atom is -0.497 e. The topological polar surface area (TPSA) is 611 Å². The zero-order chi connectivity index (χ0) is 104. The molecule has 18 N–H and O–H groups in total. The number of fused-ring (bicyclic) bond motifs is 6. The van der Waals surface area contributed by atoms with E-state index in [0.29, 0.717) is 138 Å². The van der Waals surface area contributed by atoms with Crippen molar-refractivity contribution in [1.82, 2.24) is 98.4 Å². The molecule has 0 unspecified atom stereocenters. The van der Waals surface area contributed by atoms with Gasteiger partial charge >= 0.3 is 0 Å². The number of hydrogen-bond donors (Lipinski definition) is 18. The summed E-state index contributed by atoms with van der Waals surface area (Å²) in [7, 11) is 8.11. The Morgan fingerprint density at radius 3 is 1.13 bits per heavy atom. The molecule has 13 heterocycles. The molecule has 44 heteroatoms. The van der Waals surface area contributed by atoms with Crippen LogP contribution in [0.4, 0.5) is 0 Å². The molecule has 148 heavy (non-hydrogen) atoms. The van der Waals surface area contributed by atoms with Gasteiger partial charge in [0.1, 0.15) is 77.4 Å². The Hall–Kier alpha value is -13.5. The van der Waals surface area contributed by atoms with Gasteiger partial charge in [0, 0.05) is 149 Å². The highest BCUT2D eigenvalue weighted by Crippen LogP contribution is 2.49. The summed E-state index contributed by atoms with van der Waals surface area (Å²) in [6.45, 7) is 2.71. The molecule has 20 atom stereocenters. The van der Waals surface area contributed by atoms with Crippen LogP contribution in [0.3, 0.4) is 0 Å². The van der Waals surface area contributed by atoms with Gasteiger partial charge < -0.3 is 143 Å². The maximum Gasteiger partial charge on any atom is 0.275 e. The van der Waals surface area contributed by atoms with E-state index in [9.17, 15) is 70.2 Å². The van der Waals surface area contributed by atoms with Crippen molar-refractivity contribution >= 4 is 83.6 Å². The molecular weight excluding hydrogens is 1930 g/mol. The molecule has 0 saturated heterocycles. The number of hydrogen-bond acceptors (Lipinski definition) is 33. The van der Waals surface area contributed by atoms with Gasteiger partial charge in [-0.25, -0.2) is 34.9 Å². The number of rotatable bonds is 29. The second-order valence-corrected chi connectivity index (χ2v) is 38.6. The molecule has 0 spiro atoms. The monoisotopic (exact) mass is 2050 g/mol. The second kappa shape index (κ2) is 49.1. The molecule has 3 aromatic carbocycles. The SMILES string of the molecule is COC[C@H]1C[C@@H](c2cn(COCc3ccccc3)c3c(OC)ncnc23)[C@H](O)[C@@H]1OCc1ccc(OC)cc1.COC[C@H]1C[C@@H](c2cn(COCc3ccccc3)c3c(OC)ncnc23)[C@H](OC(=S)n2ccnc2)[C@@H]1O.O=c1[nH]cnc2c([C@@H]3C[C@H](CO)[C@@H](O)C3)c[nH]c12.O=c1[nH]cnc2c([C@@H]3C[C@H](CO)[C@@H](O)C3)c[nH]c12.O=c1[nH]cnc2c([C@@H]3C[C@H](CO)[C@@H](O)C3)c[nH]c12.O=c1[nH]cnc2c([C@@H]3C[C@H](CO)[C@@H](O)C3)c[nH]c12. The first-order valence-electron chi connectivity index (χ1n) is 49.1. The Kier molecular flexibility index (Phi) is 35.1. The van der Waals surface area contributed by atoms with Gasteiger partial charge in [0.2, 0.25) is 11.8 Å². The first-order valence-corrected chi connectivity index (χ1v) is 49.6. The lowest BCUT2D eigenvalue weighted by Crippen LogP contribution is -2.35. The quantitative estimate of drug-likeness (QED) is 0.0198. The van der Waals surface area contributed by atoms with Crippen LogP contribution in [0.25, 0.3) is 66.2 Å². The molecule has 784 valence electrons. The zero-order valence-electron chi connectivity index (χ0n) is 82.2. The lowest BCUT2D eigenvalue weighted by molar-refractivity contribution is -0.0635. The van der Waals surface area contributed by atoms with Crippen LogP contribution >= 0.6 is 12.2 Å². The number of methoxy groups -OCH3 is 5. The van der Waals surface area contributed by atoms with Crippen molar-refractivity contribution in [3.8, 4) is 17.5 Å². The van der Waals surface area contributed by atoms with Crippen LogP contribution in [0, 0.1) is 35.5 Å². The lowest BCUT2D eigenvalue weighted by atomic mass is 9.96. The molecule has 6 aliphatic rings. The van der Waals surface area contributed by atoms with Crippen molar-refractivity contribution in [2.24, 2.45) is 35.5 Å². The van der Waals surface area contributed by atoms with Crippen LogP contribution < -0.4 is 36.4 Å². The normalized spacial score (nSPS) is 24.5. The zero-order valence-corrected chi connectivity index (χ0v) is 83.0. The third-order valence-electron chi connectivity index (χ3n) is 29.3. The number of thiocarbonyl (C=S) groups is 1. The third-order valence-corrected chi connectivity index (χ3v) is 29.6. The number of H-pyrrole nitrogens is 8. The fraction of sp³-hybridized carbons (Fsp3) is 0.442. The molecule has 0 aliphatic heterocycles. The fourth-order valence-electron chi connectivity index (χ4n) is 21.7. The Morgan fingerprint density at radius 1 is 0.392 bits per heavy atom. The number of aromatic amines is 8. The van der Waals surface area contributed by atoms with Crippen LogP contribution in [0.1, 0.15) is 150 Å². The molecule has 6 fully saturated rings. The standard InChI is InChI=1S/C30H35N3O6.C26H29N5O5S.4C12H15N3O3/c1-35-17-22-13-24(28(34)29(22)39-16-21-9-11-23(36-2)12-10-21)25-14-33(19-38-15-20-7-5-4-6-8-20)27-26(25)31-18-32-30(27)37-3;1-33-13-18-10-19(24(23(18)32)36-26(37)30-9-8-27-15-30)20-11-31(16-35-12-17-6-4-3-5-7-17)22-21(20)28-14-29-25(22)34-2;4*16-4-7-1-6(2-9(7)17)8-3-13-11-10(8)14-5-15-12(11)18/h4-12,14,18,22,24,28-29,34H,13,15-17,19H2,1-3H3;3-9,11,14-15,18-19,23-24,32H,10,12-13,16H2,1-2H3;4*3,5-7,9,13,16-17H,1-2,4H2,(H,14,15,18)/t22-,24+,28+,29-;18-,19+,23-,24+;4*6-,7-,9+/m111111/s1. The number of nitrogens with zero attached hydrogens (tertiary/aromatic N) is 12. The summed E-state index contributed by atoms with van der Waals surface area (Å²) < 4.78 is 57.4. The fourth-order valence-corrected chi connectivity index (χ4v) is 22.0. The van der Waals surface area contributed by atoms with Crippen LogP contribution in [0.5, 0.6) is 17.5 Å². The highest BCUT2D eigenvalue weighted by molar-refractivity contribution is 7.80. The van der Waals surface area contributed by atoms with E-state index in [-0.39, 0.29) is 138 Å². The number of ether oxygens (including phenoxy) is 9. The third kappa shape index (κ3) is 23.5. The highest BCUT2D eigenvalue weighted by atomic mass is 32.1. The van der Waals surface area contributed by atoms with E-state index in [4.69, 9.17) is 54.8 Å². The van der Waals surface area contributed by atoms with E-state index >= 15 is 0 Å². The van der Waals surface area contributed by atoms with E-state index in [2.05, 4.69) is 84.7 Å². The molecule has 6 aliphatic carbocycles. The molecular formula is C104H124N20O23S. The smallest absolute Gasteiger partial charge is 0.275 e. The number of imidazole rings is 1. The first kappa shape index (κ1) is 106. The van der Waals surface area contributed by atoms with Crippen LogP contribution in [0.15, 0.2) is 198 Å². The summed E-state index contributed by atoms with van der Waals surface area (Å²) in [5, 5.41) is 99.0. The molecule has 13 aromatic heterocycles. The predicted octanol–water partition coefficient (Wildman–Crippen LogP) is 7.85. The number of aliphatic hydroxyl groups is 10. The maximum absolute atomic E-state index is 11.6. The van der Waals surface area contributed by atoms with Crippen LogP contribution in [0.2, 0.25) is 0 Å². The Balaban J connectivity index is 0.000000126. The van der Waals surface area contributed by atoms with Crippen molar-refractivity contribution < 1.29 is 93.7 Å². The Labute approximate surface area is 851 Å². The molecule has 6 saturated carbocycles. The summed E-state index contributed by atoms with van der Waals surface area (Å²) in [5.41, 5.74) is 15.4. The van der Waals surface area contributed by atoms with Gasteiger partial charge in [0.05, 0.1) is 156 Å². The summed E-state index contributed by atoms with van der Waals surface area (Å²) in [6, 6.07) is 27.7. The van der Waals surface area contributed by atoms with Gasteiger partial charge in [0.25, 0.3) is 27.4 Å². The Bertz CT molecular complexity index is 6860. The minimum atomic E-state index is -0.789. The largest absolute Gasteiger partial charge is 0.497 e. The molecule has 43 nitrogen and oxygen atoms in total. The van der Waals surface area contributed by atoms with Gasteiger partial charge in [-0.3, -0.25) is 23.7 Å². The molecule has 16 aromatic rings. The minimum absolute atomic E-state index is 0.00592.